The lowest BCUT2D eigenvalue weighted by Crippen LogP contribution is -2.27. The molecule has 0 saturated carbocycles. The first-order valence-corrected chi connectivity index (χ1v) is 5.93. The molecule has 0 fully saturated rings. The van der Waals surface area contributed by atoms with Gasteiger partial charge in [0.2, 0.25) is 5.91 Å². The molecule has 100 valence electrons. The van der Waals surface area contributed by atoms with E-state index >= 15 is 0 Å². The summed E-state index contributed by atoms with van der Waals surface area (Å²) in [6.45, 7) is 2.30. The molecule has 0 saturated heterocycles. The van der Waals surface area contributed by atoms with Gasteiger partial charge in [0, 0.05) is 32.6 Å². The Morgan fingerprint density at radius 2 is 2.22 bits per heavy atom. The van der Waals surface area contributed by atoms with E-state index in [-0.39, 0.29) is 24.7 Å². The molecule has 1 aromatic rings. The summed E-state index contributed by atoms with van der Waals surface area (Å²) in [6, 6.07) is 0. The van der Waals surface area contributed by atoms with Gasteiger partial charge in [0.25, 0.3) is 0 Å². The zero-order chi connectivity index (χ0) is 13.5. The number of hydrogen-bond donors (Lipinski definition) is 2. The van der Waals surface area contributed by atoms with E-state index < -0.39 is 5.97 Å². The Morgan fingerprint density at radius 1 is 1.50 bits per heavy atom. The molecule has 1 unspecified atom stereocenters. The third-order valence-corrected chi connectivity index (χ3v) is 2.55. The molecule has 18 heavy (non-hydrogen) atoms. The number of carboxylic acids is 1. The van der Waals surface area contributed by atoms with Gasteiger partial charge in [0.1, 0.15) is 0 Å². The Balaban J connectivity index is 2.19. The standard InChI is InChI=1S/C12H19N3O3/c1-9(6-12(17)18)5-11(16)13-4-3-10-7-14-15(2)8-10/h7-9H,3-6H2,1-2H3,(H,13,16)(H,17,18). The Labute approximate surface area is 106 Å². The van der Waals surface area contributed by atoms with E-state index in [1.807, 2.05) is 13.2 Å². The second-order valence-electron chi connectivity index (χ2n) is 4.53. The lowest BCUT2D eigenvalue weighted by Gasteiger charge is -2.08. The highest BCUT2D eigenvalue weighted by Crippen LogP contribution is 2.06. The quantitative estimate of drug-likeness (QED) is 0.744. The van der Waals surface area contributed by atoms with E-state index in [9.17, 15) is 9.59 Å². The van der Waals surface area contributed by atoms with Gasteiger partial charge in [-0.1, -0.05) is 6.92 Å². The number of nitrogens with one attached hydrogen (secondary N) is 1. The maximum atomic E-state index is 11.5. The normalized spacial score (nSPS) is 12.1. The number of amides is 1. The van der Waals surface area contributed by atoms with Gasteiger partial charge >= 0.3 is 5.97 Å². The molecule has 1 atom stereocenters. The van der Waals surface area contributed by atoms with Gasteiger partial charge in [-0.3, -0.25) is 14.3 Å². The molecule has 1 heterocycles. The highest BCUT2D eigenvalue weighted by Gasteiger charge is 2.12. The summed E-state index contributed by atoms with van der Waals surface area (Å²) >= 11 is 0. The van der Waals surface area contributed by atoms with Crippen LogP contribution in [0.25, 0.3) is 0 Å². The summed E-state index contributed by atoms with van der Waals surface area (Å²) < 4.78 is 1.71. The molecule has 0 aliphatic heterocycles. The largest absolute Gasteiger partial charge is 0.481 e. The van der Waals surface area contributed by atoms with Gasteiger partial charge < -0.3 is 10.4 Å². The van der Waals surface area contributed by atoms with Crippen molar-refractivity contribution in [3.63, 3.8) is 0 Å². The lowest BCUT2D eigenvalue weighted by atomic mass is 10.0. The molecule has 1 rings (SSSR count). The third kappa shape index (κ3) is 5.47. The zero-order valence-corrected chi connectivity index (χ0v) is 10.7. The molecular weight excluding hydrogens is 234 g/mol. The van der Waals surface area contributed by atoms with Gasteiger partial charge in [0.05, 0.1) is 6.20 Å². The first-order valence-electron chi connectivity index (χ1n) is 5.93. The summed E-state index contributed by atoms with van der Waals surface area (Å²) in [7, 11) is 1.84. The van der Waals surface area contributed by atoms with Crippen LogP contribution in [0.15, 0.2) is 12.4 Å². The fraction of sp³-hybridized carbons (Fsp3) is 0.583. The van der Waals surface area contributed by atoms with Crippen molar-refractivity contribution in [2.75, 3.05) is 6.54 Å². The summed E-state index contributed by atoms with van der Waals surface area (Å²) in [4.78, 5) is 22.0. The number of carbonyl (C=O) groups excluding carboxylic acids is 1. The first kappa shape index (κ1) is 14.2. The topological polar surface area (TPSA) is 84.2 Å². The Bertz CT molecular complexity index is 414. The van der Waals surface area contributed by atoms with Crippen molar-refractivity contribution in [3.8, 4) is 0 Å². The Morgan fingerprint density at radius 3 is 2.78 bits per heavy atom. The molecule has 0 bridgehead atoms. The molecule has 1 aromatic heterocycles. The van der Waals surface area contributed by atoms with Crippen LogP contribution in [0, 0.1) is 5.92 Å². The number of aryl methyl sites for hydroxylation is 1. The molecule has 0 aliphatic rings. The van der Waals surface area contributed by atoms with Crippen LogP contribution in [0.4, 0.5) is 0 Å². The SMILES string of the molecule is CC(CC(=O)O)CC(=O)NCCc1cnn(C)c1. The molecule has 6 nitrogen and oxygen atoms in total. The number of rotatable bonds is 7. The number of carbonyl (C=O) groups is 2. The van der Waals surface area contributed by atoms with E-state index in [0.717, 1.165) is 12.0 Å². The molecule has 2 N–H and O–H groups in total. The number of carboxylic acid groups (broad SMARTS) is 1. The van der Waals surface area contributed by atoms with Gasteiger partial charge in [-0.25, -0.2) is 0 Å². The van der Waals surface area contributed by atoms with E-state index in [4.69, 9.17) is 5.11 Å². The molecular formula is C12H19N3O3. The molecule has 0 aliphatic carbocycles. The van der Waals surface area contributed by atoms with Crippen molar-refractivity contribution in [1.82, 2.24) is 15.1 Å². The number of aromatic nitrogens is 2. The fourth-order valence-electron chi connectivity index (χ4n) is 1.71. The predicted molar refractivity (Wildman–Crippen MR) is 66.0 cm³/mol. The zero-order valence-electron chi connectivity index (χ0n) is 10.7. The van der Waals surface area contributed by atoms with E-state index in [2.05, 4.69) is 10.4 Å². The smallest absolute Gasteiger partial charge is 0.303 e. The maximum absolute atomic E-state index is 11.5. The van der Waals surface area contributed by atoms with Crippen molar-refractivity contribution < 1.29 is 14.7 Å². The van der Waals surface area contributed by atoms with Crippen LogP contribution in [-0.2, 0) is 23.1 Å². The predicted octanol–water partition coefficient (Wildman–Crippen LogP) is 0.580. The van der Waals surface area contributed by atoms with Gasteiger partial charge in [-0.2, -0.15) is 5.10 Å². The fourth-order valence-corrected chi connectivity index (χ4v) is 1.71. The van der Waals surface area contributed by atoms with Crippen molar-refractivity contribution >= 4 is 11.9 Å². The Hall–Kier alpha value is -1.85. The minimum atomic E-state index is -0.870. The van der Waals surface area contributed by atoms with Crippen LogP contribution < -0.4 is 5.32 Å². The van der Waals surface area contributed by atoms with Gasteiger partial charge in [-0.15, -0.1) is 0 Å². The second-order valence-corrected chi connectivity index (χ2v) is 4.53. The minimum absolute atomic E-state index is 0.0238. The van der Waals surface area contributed by atoms with Gasteiger partial charge in [-0.05, 0) is 17.9 Å². The van der Waals surface area contributed by atoms with Crippen LogP contribution in [0.1, 0.15) is 25.3 Å². The summed E-state index contributed by atoms with van der Waals surface area (Å²) in [6.07, 6.45) is 4.67. The molecule has 0 spiro atoms. The van der Waals surface area contributed by atoms with Crippen LogP contribution >= 0.6 is 0 Å². The number of aliphatic carboxylic acids is 1. The summed E-state index contributed by atoms with van der Waals surface area (Å²) in [5.74, 6) is -1.11. The summed E-state index contributed by atoms with van der Waals surface area (Å²) in [5, 5.41) is 15.4. The van der Waals surface area contributed by atoms with Crippen molar-refractivity contribution in [1.29, 1.82) is 0 Å². The Kier molecular flexibility index (Phi) is 5.35. The monoisotopic (exact) mass is 253 g/mol. The molecule has 0 radical (unpaired) electrons. The number of hydrogen-bond acceptors (Lipinski definition) is 3. The van der Waals surface area contributed by atoms with Gasteiger partial charge in [0.15, 0.2) is 0 Å². The van der Waals surface area contributed by atoms with Crippen LogP contribution in [0.3, 0.4) is 0 Å². The van der Waals surface area contributed by atoms with Crippen molar-refractivity contribution in [2.45, 2.75) is 26.2 Å². The highest BCUT2D eigenvalue weighted by molar-refractivity contribution is 5.77. The van der Waals surface area contributed by atoms with E-state index in [0.29, 0.717) is 6.54 Å². The van der Waals surface area contributed by atoms with Crippen molar-refractivity contribution in [2.24, 2.45) is 13.0 Å². The highest BCUT2D eigenvalue weighted by atomic mass is 16.4. The van der Waals surface area contributed by atoms with Crippen molar-refractivity contribution in [3.05, 3.63) is 18.0 Å². The van der Waals surface area contributed by atoms with Crippen LogP contribution in [-0.4, -0.2) is 33.3 Å². The first-order chi connectivity index (χ1) is 8.47. The average Bonchev–Trinajstić information content (AvgIpc) is 2.62. The molecule has 6 heteroatoms. The van der Waals surface area contributed by atoms with Crippen LogP contribution in [0.5, 0.6) is 0 Å². The third-order valence-electron chi connectivity index (χ3n) is 2.55. The molecule has 1 amide bonds. The number of nitrogens with zero attached hydrogens (tertiary/aromatic N) is 2. The average molecular weight is 253 g/mol. The van der Waals surface area contributed by atoms with E-state index in [1.54, 1.807) is 17.8 Å². The maximum Gasteiger partial charge on any atom is 0.303 e. The summed E-state index contributed by atoms with van der Waals surface area (Å²) in [5.41, 5.74) is 1.07. The lowest BCUT2D eigenvalue weighted by molar-refractivity contribution is -0.138. The van der Waals surface area contributed by atoms with Crippen LogP contribution in [0.2, 0.25) is 0 Å². The van der Waals surface area contributed by atoms with E-state index in [1.165, 1.54) is 0 Å². The molecule has 0 aromatic carbocycles. The minimum Gasteiger partial charge on any atom is -0.481 e. The second kappa shape index (κ2) is 6.78.